The van der Waals surface area contributed by atoms with Gasteiger partial charge in [-0.1, -0.05) is 66.2 Å². The molecule has 0 N–H and O–H groups in total. The van der Waals surface area contributed by atoms with Gasteiger partial charge in [0.1, 0.15) is 6.33 Å². The van der Waals surface area contributed by atoms with Crippen LogP contribution in [0.5, 0.6) is 0 Å². The highest BCUT2D eigenvalue weighted by Gasteiger charge is 2.27. The van der Waals surface area contributed by atoms with Crippen molar-refractivity contribution < 1.29 is 0 Å². The van der Waals surface area contributed by atoms with Crippen LogP contribution < -0.4 is 0 Å². The number of rotatable bonds is 2. The SMILES string of the molecule is Clc1ccc(C2=Nc3ncnn3C(c3cccc4ccccc34)C2)cc1. The van der Waals surface area contributed by atoms with Gasteiger partial charge < -0.3 is 0 Å². The lowest BCUT2D eigenvalue weighted by Crippen LogP contribution is -2.21. The summed E-state index contributed by atoms with van der Waals surface area (Å²) >= 11 is 6.04. The maximum Gasteiger partial charge on any atom is 0.248 e. The Bertz CT molecular complexity index is 1120. The molecular weight excluding hydrogens is 344 g/mol. The van der Waals surface area contributed by atoms with Crippen LogP contribution in [-0.4, -0.2) is 20.5 Å². The monoisotopic (exact) mass is 358 g/mol. The first-order valence-corrected chi connectivity index (χ1v) is 8.88. The van der Waals surface area contributed by atoms with Gasteiger partial charge in [0.05, 0.1) is 11.8 Å². The first-order valence-electron chi connectivity index (χ1n) is 8.50. The lowest BCUT2D eigenvalue weighted by Gasteiger charge is -2.25. The van der Waals surface area contributed by atoms with Crippen LogP contribution in [0, 0.1) is 0 Å². The van der Waals surface area contributed by atoms with Crippen LogP contribution in [0.1, 0.15) is 23.6 Å². The molecule has 26 heavy (non-hydrogen) atoms. The van der Waals surface area contributed by atoms with E-state index < -0.39 is 0 Å². The molecule has 0 radical (unpaired) electrons. The molecule has 4 nitrogen and oxygen atoms in total. The van der Waals surface area contributed by atoms with Gasteiger partial charge in [0.25, 0.3) is 0 Å². The van der Waals surface area contributed by atoms with Crippen LogP contribution in [-0.2, 0) is 0 Å². The molecule has 0 saturated carbocycles. The van der Waals surface area contributed by atoms with E-state index in [2.05, 4.69) is 52.5 Å². The second-order valence-electron chi connectivity index (χ2n) is 6.36. The number of benzene rings is 3. The minimum atomic E-state index is 0.0572. The highest BCUT2D eigenvalue weighted by Crippen LogP contribution is 2.35. The molecule has 3 aromatic carbocycles. The third-order valence-corrected chi connectivity index (χ3v) is 5.08. The summed E-state index contributed by atoms with van der Waals surface area (Å²) in [5.41, 5.74) is 3.30. The molecule has 0 saturated heterocycles. The molecule has 0 aliphatic carbocycles. The normalized spacial score (nSPS) is 16.3. The molecule has 5 heteroatoms. The molecule has 0 bridgehead atoms. The van der Waals surface area contributed by atoms with Crippen LogP contribution in [0.4, 0.5) is 5.95 Å². The summed E-state index contributed by atoms with van der Waals surface area (Å²) in [6.07, 6.45) is 2.33. The maximum absolute atomic E-state index is 6.04. The Labute approximate surface area is 155 Å². The number of halogens is 1. The van der Waals surface area contributed by atoms with E-state index in [1.54, 1.807) is 6.33 Å². The van der Waals surface area contributed by atoms with Crippen LogP contribution in [0.25, 0.3) is 10.8 Å². The van der Waals surface area contributed by atoms with Gasteiger partial charge >= 0.3 is 0 Å². The quantitative estimate of drug-likeness (QED) is 0.494. The topological polar surface area (TPSA) is 43.1 Å². The molecule has 1 unspecified atom stereocenters. The van der Waals surface area contributed by atoms with Crippen molar-refractivity contribution in [1.82, 2.24) is 14.8 Å². The minimum Gasteiger partial charge on any atom is -0.222 e. The number of nitrogens with zero attached hydrogens (tertiary/aromatic N) is 4. The first kappa shape index (κ1) is 15.3. The zero-order chi connectivity index (χ0) is 17.5. The van der Waals surface area contributed by atoms with Gasteiger partial charge in [-0.3, -0.25) is 0 Å². The largest absolute Gasteiger partial charge is 0.248 e. The summed E-state index contributed by atoms with van der Waals surface area (Å²) in [4.78, 5) is 9.07. The van der Waals surface area contributed by atoms with Crippen molar-refractivity contribution in [2.24, 2.45) is 4.99 Å². The van der Waals surface area contributed by atoms with E-state index in [0.717, 1.165) is 22.7 Å². The average molecular weight is 359 g/mol. The summed E-state index contributed by atoms with van der Waals surface area (Å²) in [5, 5.41) is 7.62. The van der Waals surface area contributed by atoms with Gasteiger partial charge in [-0.2, -0.15) is 10.1 Å². The summed E-state index contributed by atoms with van der Waals surface area (Å²) < 4.78 is 1.92. The summed E-state index contributed by atoms with van der Waals surface area (Å²) in [6.45, 7) is 0. The van der Waals surface area contributed by atoms with Crippen molar-refractivity contribution >= 4 is 34.0 Å². The zero-order valence-corrected chi connectivity index (χ0v) is 14.6. The number of aromatic nitrogens is 3. The summed E-state index contributed by atoms with van der Waals surface area (Å²) in [7, 11) is 0. The summed E-state index contributed by atoms with van der Waals surface area (Å²) in [5.74, 6) is 0.638. The third-order valence-electron chi connectivity index (χ3n) is 4.83. The fourth-order valence-electron chi connectivity index (χ4n) is 3.59. The maximum atomic E-state index is 6.04. The van der Waals surface area contributed by atoms with Crippen LogP contribution in [0.2, 0.25) is 5.02 Å². The third kappa shape index (κ3) is 2.50. The van der Waals surface area contributed by atoms with E-state index in [-0.39, 0.29) is 6.04 Å². The number of aliphatic imine (C=N–C) groups is 1. The molecule has 2 heterocycles. The molecule has 0 amide bonds. The lowest BCUT2D eigenvalue weighted by molar-refractivity contribution is 0.534. The second-order valence-corrected chi connectivity index (χ2v) is 6.79. The molecule has 1 aromatic heterocycles. The standard InChI is InChI=1S/C21H15ClN4/c22-16-10-8-15(9-11-16)19-12-20(26-21(25-19)23-13-24-26)18-7-3-5-14-4-1-2-6-17(14)18/h1-11,13,20H,12H2. The van der Waals surface area contributed by atoms with Gasteiger partial charge in [-0.05, 0) is 34.0 Å². The van der Waals surface area contributed by atoms with E-state index >= 15 is 0 Å². The van der Waals surface area contributed by atoms with Gasteiger partial charge in [-0.25, -0.2) is 9.67 Å². The van der Waals surface area contributed by atoms with E-state index in [1.165, 1.54) is 16.3 Å². The fourth-order valence-corrected chi connectivity index (χ4v) is 3.71. The van der Waals surface area contributed by atoms with Crippen molar-refractivity contribution in [2.45, 2.75) is 12.5 Å². The van der Waals surface area contributed by atoms with E-state index in [0.29, 0.717) is 5.95 Å². The van der Waals surface area contributed by atoms with Crippen molar-refractivity contribution in [3.63, 3.8) is 0 Å². The molecule has 0 fully saturated rings. The van der Waals surface area contributed by atoms with Gasteiger partial charge in [0.15, 0.2) is 0 Å². The number of fused-ring (bicyclic) bond motifs is 2. The highest BCUT2D eigenvalue weighted by atomic mass is 35.5. The molecule has 126 valence electrons. The van der Waals surface area contributed by atoms with Gasteiger partial charge in [0.2, 0.25) is 5.95 Å². The summed E-state index contributed by atoms with van der Waals surface area (Å²) in [6, 6.07) is 22.7. The average Bonchev–Trinajstić information content (AvgIpc) is 3.16. The molecule has 1 aliphatic rings. The van der Waals surface area contributed by atoms with Crippen molar-refractivity contribution in [3.8, 4) is 0 Å². The zero-order valence-electron chi connectivity index (χ0n) is 13.9. The van der Waals surface area contributed by atoms with Crippen molar-refractivity contribution in [2.75, 3.05) is 0 Å². The van der Waals surface area contributed by atoms with Crippen LogP contribution in [0.3, 0.4) is 0 Å². The minimum absolute atomic E-state index is 0.0572. The Morgan fingerprint density at radius 3 is 2.62 bits per heavy atom. The molecule has 1 aliphatic heterocycles. The van der Waals surface area contributed by atoms with E-state index in [4.69, 9.17) is 16.6 Å². The smallest absolute Gasteiger partial charge is 0.222 e. The van der Waals surface area contributed by atoms with Crippen molar-refractivity contribution in [3.05, 3.63) is 89.2 Å². The Morgan fingerprint density at radius 2 is 1.73 bits per heavy atom. The van der Waals surface area contributed by atoms with Crippen LogP contribution >= 0.6 is 11.6 Å². The number of hydrogen-bond acceptors (Lipinski definition) is 3. The Morgan fingerprint density at radius 1 is 0.923 bits per heavy atom. The van der Waals surface area contributed by atoms with Crippen LogP contribution in [0.15, 0.2) is 78.0 Å². The highest BCUT2D eigenvalue weighted by molar-refractivity contribution is 6.30. The van der Waals surface area contributed by atoms with E-state index in [9.17, 15) is 0 Å². The fraction of sp³-hybridized carbons (Fsp3) is 0.0952. The van der Waals surface area contributed by atoms with Crippen molar-refractivity contribution in [1.29, 1.82) is 0 Å². The Kier molecular flexibility index (Phi) is 3.57. The van der Waals surface area contributed by atoms with E-state index in [1.807, 2.05) is 28.9 Å². The predicted molar refractivity (Wildman–Crippen MR) is 104 cm³/mol. The first-order chi connectivity index (χ1) is 12.8. The number of hydrogen-bond donors (Lipinski definition) is 0. The Hall–Kier alpha value is -2.98. The lowest BCUT2D eigenvalue weighted by atomic mass is 9.92. The second kappa shape index (κ2) is 6.07. The molecular formula is C21H15ClN4. The molecule has 4 aromatic rings. The molecule has 0 spiro atoms. The van der Waals surface area contributed by atoms with Gasteiger partial charge in [-0.15, -0.1) is 0 Å². The Balaban J connectivity index is 1.66. The molecule has 5 rings (SSSR count). The molecule has 1 atom stereocenters. The predicted octanol–water partition coefficient (Wildman–Crippen LogP) is 5.20. The van der Waals surface area contributed by atoms with Gasteiger partial charge in [0, 0.05) is 11.4 Å².